The molecule has 0 aromatic heterocycles. The minimum atomic E-state index is 1.02. The summed E-state index contributed by atoms with van der Waals surface area (Å²) in [5.74, 6) is 2.09. The molecule has 0 amide bonds. The van der Waals surface area contributed by atoms with Crippen LogP contribution in [0, 0.1) is 0 Å². The standard InChI is InChI=1S/C6H6N2S/c1-2-7-6-4-9-5-8(6)3-1/h1-4H,5H2. The molecule has 2 heterocycles. The van der Waals surface area contributed by atoms with Gasteiger partial charge in [-0.2, -0.15) is 0 Å². The van der Waals surface area contributed by atoms with E-state index in [2.05, 4.69) is 15.3 Å². The van der Waals surface area contributed by atoms with E-state index in [-0.39, 0.29) is 0 Å². The summed E-state index contributed by atoms with van der Waals surface area (Å²) in [6.45, 7) is 0. The third-order valence-electron chi connectivity index (χ3n) is 1.26. The number of rotatable bonds is 0. The van der Waals surface area contributed by atoms with Crippen LogP contribution in [0.3, 0.4) is 0 Å². The van der Waals surface area contributed by atoms with Crippen LogP contribution in [0.4, 0.5) is 0 Å². The van der Waals surface area contributed by atoms with E-state index in [4.69, 9.17) is 0 Å². The molecule has 0 spiro atoms. The molecule has 2 rings (SSSR count). The molecule has 0 saturated heterocycles. The summed E-state index contributed by atoms with van der Waals surface area (Å²) in [6.07, 6.45) is 5.80. The maximum absolute atomic E-state index is 4.15. The topological polar surface area (TPSA) is 15.6 Å². The van der Waals surface area contributed by atoms with Crippen molar-refractivity contribution in [2.45, 2.75) is 0 Å². The monoisotopic (exact) mass is 138 g/mol. The van der Waals surface area contributed by atoms with Gasteiger partial charge in [-0.15, -0.1) is 11.8 Å². The molecule has 46 valence electrons. The van der Waals surface area contributed by atoms with Crippen molar-refractivity contribution in [1.82, 2.24) is 4.90 Å². The predicted octanol–water partition coefficient (Wildman–Crippen LogP) is 1.39. The Balaban J connectivity index is 2.33. The highest BCUT2D eigenvalue weighted by Crippen LogP contribution is 2.24. The van der Waals surface area contributed by atoms with E-state index in [1.54, 1.807) is 11.8 Å². The van der Waals surface area contributed by atoms with Gasteiger partial charge in [0, 0.05) is 17.8 Å². The van der Waals surface area contributed by atoms with E-state index in [1.807, 2.05) is 18.5 Å². The number of fused-ring (bicyclic) bond motifs is 1. The Morgan fingerprint density at radius 1 is 1.67 bits per heavy atom. The van der Waals surface area contributed by atoms with Crippen molar-refractivity contribution in [3.05, 3.63) is 23.5 Å². The summed E-state index contributed by atoms with van der Waals surface area (Å²) < 4.78 is 0. The first kappa shape index (κ1) is 5.11. The van der Waals surface area contributed by atoms with Gasteiger partial charge >= 0.3 is 0 Å². The molecule has 2 aliphatic rings. The smallest absolute Gasteiger partial charge is 0.139 e. The van der Waals surface area contributed by atoms with Gasteiger partial charge in [0.1, 0.15) is 5.82 Å². The number of aliphatic imine (C=N–C) groups is 1. The van der Waals surface area contributed by atoms with E-state index >= 15 is 0 Å². The first-order chi connectivity index (χ1) is 4.47. The zero-order valence-electron chi connectivity index (χ0n) is 4.82. The molecule has 9 heavy (non-hydrogen) atoms. The van der Waals surface area contributed by atoms with Gasteiger partial charge in [0.05, 0.1) is 5.88 Å². The molecule has 0 saturated carbocycles. The van der Waals surface area contributed by atoms with E-state index in [9.17, 15) is 0 Å². The van der Waals surface area contributed by atoms with Crippen LogP contribution >= 0.6 is 11.8 Å². The second-order valence-corrected chi connectivity index (χ2v) is 2.69. The molecule has 2 nitrogen and oxygen atoms in total. The molecule has 0 radical (unpaired) electrons. The van der Waals surface area contributed by atoms with Crippen molar-refractivity contribution < 1.29 is 0 Å². The van der Waals surface area contributed by atoms with E-state index < -0.39 is 0 Å². The van der Waals surface area contributed by atoms with Crippen LogP contribution in [0.1, 0.15) is 0 Å². The lowest BCUT2D eigenvalue weighted by Crippen LogP contribution is -2.11. The normalized spacial score (nSPS) is 22.2. The average Bonchev–Trinajstić information content (AvgIpc) is 2.33. The summed E-state index contributed by atoms with van der Waals surface area (Å²) in [4.78, 5) is 6.26. The maximum Gasteiger partial charge on any atom is 0.139 e. The first-order valence-corrected chi connectivity index (χ1v) is 3.81. The fraction of sp³-hybridized carbons (Fsp3) is 0.167. The van der Waals surface area contributed by atoms with Gasteiger partial charge in [0.25, 0.3) is 0 Å². The lowest BCUT2D eigenvalue weighted by Gasteiger charge is -2.14. The zero-order valence-corrected chi connectivity index (χ0v) is 5.64. The van der Waals surface area contributed by atoms with Gasteiger partial charge in [-0.05, 0) is 6.08 Å². The largest absolute Gasteiger partial charge is 0.322 e. The molecule has 3 heteroatoms. The minimum Gasteiger partial charge on any atom is -0.322 e. The van der Waals surface area contributed by atoms with E-state index in [0.717, 1.165) is 11.7 Å². The second kappa shape index (κ2) is 1.92. The lowest BCUT2D eigenvalue weighted by atomic mass is 10.5. The minimum absolute atomic E-state index is 1.02. The SMILES string of the molecule is C1=CN2CSC=C2N=C1. The maximum atomic E-state index is 4.15. The average molecular weight is 138 g/mol. The van der Waals surface area contributed by atoms with Gasteiger partial charge in [-0.3, -0.25) is 0 Å². The second-order valence-electron chi connectivity index (χ2n) is 1.86. The molecule has 0 atom stereocenters. The highest BCUT2D eigenvalue weighted by atomic mass is 32.2. The van der Waals surface area contributed by atoms with Gasteiger partial charge in [0.15, 0.2) is 0 Å². The Bertz CT molecular complexity index is 202. The van der Waals surface area contributed by atoms with Crippen molar-refractivity contribution in [3.63, 3.8) is 0 Å². The molecule has 0 bridgehead atoms. The van der Waals surface area contributed by atoms with Crippen molar-refractivity contribution in [2.75, 3.05) is 5.88 Å². The Hall–Kier alpha value is -0.700. The third-order valence-corrected chi connectivity index (χ3v) is 2.06. The summed E-state index contributed by atoms with van der Waals surface area (Å²) in [5.41, 5.74) is 0. The number of hydrogen-bond donors (Lipinski definition) is 0. The number of hydrogen-bond acceptors (Lipinski definition) is 3. The van der Waals surface area contributed by atoms with Crippen molar-refractivity contribution in [3.8, 4) is 0 Å². The summed E-state index contributed by atoms with van der Waals surface area (Å²) in [6, 6.07) is 0. The Morgan fingerprint density at radius 2 is 2.67 bits per heavy atom. The molecule has 0 unspecified atom stereocenters. The highest BCUT2D eigenvalue weighted by molar-refractivity contribution is 8.02. The summed E-state index contributed by atoms with van der Waals surface area (Å²) in [7, 11) is 0. The van der Waals surface area contributed by atoms with Crippen molar-refractivity contribution >= 4 is 18.0 Å². The summed E-state index contributed by atoms with van der Waals surface area (Å²) in [5, 5.41) is 2.07. The zero-order chi connectivity index (χ0) is 6.10. The van der Waals surface area contributed by atoms with Crippen LogP contribution in [0.25, 0.3) is 0 Å². The van der Waals surface area contributed by atoms with Crippen LogP contribution in [0.15, 0.2) is 28.5 Å². The molecule has 2 aliphatic heterocycles. The predicted molar refractivity (Wildman–Crippen MR) is 40.0 cm³/mol. The molecule has 0 fully saturated rings. The van der Waals surface area contributed by atoms with Crippen molar-refractivity contribution in [1.29, 1.82) is 0 Å². The number of allylic oxidation sites excluding steroid dienone is 1. The van der Waals surface area contributed by atoms with Crippen LogP contribution < -0.4 is 0 Å². The molecule has 0 aliphatic carbocycles. The quantitative estimate of drug-likeness (QED) is 0.502. The van der Waals surface area contributed by atoms with Gasteiger partial charge in [0.2, 0.25) is 0 Å². The Morgan fingerprint density at radius 3 is 3.56 bits per heavy atom. The van der Waals surface area contributed by atoms with Gasteiger partial charge < -0.3 is 4.90 Å². The Kier molecular flexibility index (Phi) is 1.09. The molecular weight excluding hydrogens is 132 g/mol. The third kappa shape index (κ3) is 0.772. The Labute approximate surface area is 58.0 Å². The fourth-order valence-electron chi connectivity index (χ4n) is 0.812. The molecule has 0 aromatic carbocycles. The van der Waals surface area contributed by atoms with Crippen LogP contribution in [-0.4, -0.2) is 17.0 Å². The van der Waals surface area contributed by atoms with Crippen LogP contribution in [0.2, 0.25) is 0 Å². The number of thioether (sulfide) groups is 1. The summed E-state index contributed by atoms with van der Waals surface area (Å²) >= 11 is 1.78. The number of nitrogens with zero attached hydrogens (tertiary/aromatic N) is 2. The molecule has 0 N–H and O–H groups in total. The molecule has 0 aromatic rings. The highest BCUT2D eigenvalue weighted by Gasteiger charge is 2.12. The fourth-order valence-corrected chi connectivity index (χ4v) is 1.61. The first-order valence-electron chi connectivity index (χ1n) is 2.76. The van der Waals surface area contributed by atoms with E-state index in [0.29, 0.717) is 0 Å². The van der Waals surface area contributed by atoms with Gasteiger partial charge in [-0.1, -0.05) is 0 Å². The van der Waals surface area contributed by atoms with Gasteiger partial charge in [-0.25, -0.2) is 4.99 Å². The van der Waals surface area contributed by atoms with Crippen LogP contribution in [-0.2, 0) is 0 Å². The van der Waals surface area contributed by atoms with Crippen LogP contribution in [0.5, 0.6) is 0 Å². The lowest BCUT2D eigenvalue weighted by molar-refractivity contribution is 0.550. The van der Waals surface area contributed by atoms with Crippen molar-refractivity contribution in [2.24, 2.45) is 4.99 Å². The van der Waals surface area contributed by atoms with E-state index in [1.165, 1.54) is 0 Å². The molecular formula is C6H6N2S.